The van der Waals surface area contributed by atoms with Crippen LogP contribution < -0.4 is 10.9 Å². The normalized spacial score (nSPS) is 16.5. The fraction of sp³-hybridized carbons (Fsp3) is 0.421. The van der Waals surface area contributed by atoms with Crippen molar-refractivity contribution in [3.63, 3.8) is 0 Å². The van der Waals surface area contributed by atoms with Crippen molar-refractivity contribution in [3.05, 3.63) is 64.1 Å². The molecular formula is C19H23N3O2. The molecule has 126 valence electrons. The molecule has 2 aromatic rings. The van der Waals surface area contributed by atoms with E-state index < -0.39 is 0 Å². The number of amides is 1. The fourth-order valence-electron chi connectivity index (χ4n) is 3.42. The van der Waals surface area contributed by atoms with Gasteiger partial charge in [0, 0.05) is 6.07 Å². The zero-order valence-corrected chi connectivity index (χ0v) is 13.7. The minimum Gasteiger partial charge on any atom is -0.344 e. The number of aromatic nitrogens is 2. The smallest absolute Gasteiger partial charge is 0.272 e. The molecule has 5 nitrogen and oxygen atoms in total. The van der Waals surface area contributed by atoms with Crippen LogP contribution in [0.4, 0.5) is 0 Å². The molecule has 0 aliphatic heterocycles. The molecule has 3 rings (SSSR count). The molecule has 1 aliphatic rings. The first-order chi connectivity index (χ1) is 11.7. The van der Waals surface area contributed by atoms with Crippen molar-refractivity contribution in [3.8, 4) is 0 Å². The predicted octanol–water partition coefficient (Wildman–Crippen LogP) is 3.21. The molecule has 0 saturated heterocycles. The molecule has 1 fully saturated rings. The van der Waals surface area contributed by atoms with Gasteiger partial charge in [-0.05, 0) is 24.0 Å². The second-order valence-electron chi connectivity index (χ2n) is 6.48. The monoisotopic (exact) mass is 325 g/mol. The van der Waals surface area contributed by atoms with Crippen LogP contribution >= 0.6 is 0 Å². The maximum atomic E-state index is 12.5. The molecule has 1 atom stereocenters. The van der Waals surface area contributed by atoms with Gasteiger partial charge in [0.2, 0.25) is 0 Å². The summed E-state index contributed by atoms with van der Waals surface area (Å²) in [5.41, 5.74) is 1.04. The number of nitrogens with zero attached hydrogens (tertiary/aromatic N) is 1. The van der Waals surface area contributed by atoms with E-state index >= 15 is 0 Å². The van der Waals surface area contributed by atoms with Gasteiger partial charge in [0.25, 0.3) is 11.5 Å². The van der Waals surface area contributed by atoms with Gasteiger partial charge >= 0.3 is 0 Å². The maximum Gasteiger partial charge on any atom is 0.272 e. The molecule has 1 aromatic heterocycles. The summed E-state index contributed by atoms with van der Waals surface area (Å²) >= 11 is 0. The molecule has 0 spiro atoms. The van der Waals surface area contributed by atoms with E-state index in [1.165, 1.54) is 44.2 Å². The summed E-state index contributed by atoms with van der Waals surface area (Å²) in [5, 5.41) is 9.22. The van der Waals surface area contributed by atoms with Gasteiger partial charge in [-0.25, -0.2) is 5.10 Å². The first kappa shape index (κ1) is 16.4. The maximum absolute atomic E-state index is 12.5. The third kappa shape index (κ3) is 4.31. The summed E-state index contributed by atoms with van der Waals surface area (Å²) in [4.78, 5) is 23.6. The van der Waals surface area contributed by atoms with Crippen LogP contribution in [0.5, 0.6) is 0 Å². The second kappa shape index (κ2) is 7.90. The summed E-state index contributed by atoms with van der Waals surface area (Å²) in [5.74, 6) is 0.392. The van der Waals surface area contributed by atoms with E-state index in [1.807, 2.05) is 30.3 Å². The van der Waals surface area contributed by atoms with Gasteiger partial charge in [0.15, 0.2) is 0 Å². The number of nitrogens with one attached hydrogen (secondary N) is 2. The number of rotatable bonds is 5. The Balaban J connectivity index is 1.74. The Kier molecular flexibility index (Phi) is 5.41. The highest BCUT2D eigenvalue weighted by Gasteiger charge is 2.22. The van der Waals surface area contributed by atoms with E-state index in [2.05, 4.69) is 15.5 Å². The highest BCUT2D eigenvalue weighted by molar-refractivity contribution is 5.92. The summed E-state index contributed by atoms with van der Waals surface area (Å²) < 4.78 is 0. The first-order valence-electron chi connectivity index (χ1n) is 8.64. The lowest BCUT2D eigenvalue weighted by Crippen LogP contribution is -2.31. The SMILES string of the molecule is O=C(NC(CC1CCCCC1)c1ccccc1)c1ccc(=O)[nH]n1. The van der Waals surface area contributed by atoms with Gasteiger partial charge in [0.05, 0.1) is 6.04 Å². The fourth-order valence-corrected chi connectivity index (χ4v) is 3.42. The number of carbonyl (C=O) groups is 1. The zero-order chi connectivity index (χ0) is 16.8. The van der Waals surface area contributed by atoms with Crippen molar-refractivity contribution in [1.82, 2.24) is 15.5 Å². The van der Waals surface area contributed by atoms with E-state index in [4.69, 9.17) is 0 Å². The summed E-state index contributed by atoms with van der Waals surface area (Å²) in [6.45, 7) is 0. The highest BCUT2D eigenvalue weighted by atomic mass is 16.2. The van der Waals surface area contributed by atoms with Crippen LogP contribution in [0, 0.1) is 5.92 Å². The topological polar surface area (TPSA) is 74.8 Å². The minimum atomic E-state index is -0.312. The number of hydrogen-bond donors (Lipinski definition) is 2. The highest BCUT2D eigenvalue weighted by Crippen LogP contribution is 2.32. The lowest BCUT2D eigenvalue weighted by atomic mass is 9.83. The van der Waals surface area contributed by atoms with Gasteiger partial charge in [0.1, 0.15) is 5.69 Å². The van der Waals surface area contributed by atoms with Gasteiger partial charge in [-0.3, -0.25) is 9.59 Å². The quantitative estimate of drug-likeness (QED) is 0.886. The first-order valence-corrected chi connectivity index (χ1v) is 8.64. The lowest BCUT2D eigenvalue weighted by molar-refractivity contribution is 0.0922. The standard InChI is InChI=1S/C19H23N3O2/c23-18-12-11-16(21-22-18)19(24)20-17(15-9-5-2-6-10-15)13-14-7-3-1-4-8-14/h2,5-6,9-12,14,17H,1,3-4,7-8,13H2,(H,20,24)(H,22,23). The van der Waals surface area contributed by atoms with Crippen LogP contribution in [0.1, 0.15) is 60.6 Å². The molecule has 1 amide bonds. The molecule has 0 radical (unpaired) electrons. The molecular weight excluding hydrogens is 302 g/mol. The Morgan fingerprint density at radius 2 is 1.88 bits per heavy atom. The largest absolute Gasteiger partial charge is 0.344 e. The average Bonchev–Trinajstić information content (AvgIpc) is 2.63. The number of benzene rings is 1. The van der Waals surface area contributed by atoms with Crippen LogP contribution in [-0.2, 0) is 0 Å². The van der Waals surface area contributed by atoms with Crippen molar-refractivity contribution in [2.75, 3.05) is 0 Å². The molecule has 1 heterocycles. The molecule has 5 heteroatoms. The average molecular weight is 325 g/mol. The van der Waals surface area contributed by atoms with Crippen LogP contribution in [0.15, 0.2) is 47.3 Å². The zero-order valence-electron chi connectivity index (χ0n) is 13.7. The summed E-state index contributed by atoms with van der Waals surface area (Å²) in [6, 6.07) is 12.8. The van der Waals surface area contributed by atoms with E-state index in [0.717, 1.165) is 12.0 Å². The van der Waals surface area contributed by atoms with Crippen LogP contribution in [0.25, 0.3) is 0 Å². The van der Waals surface area contributed by atoms with Gasteiger partial charge < -0.3 is 5.32 Å². The van der Waals surface area contributed by atoms with Crippen molar-refractivity contribution < 1.29 is 4.79 Å². The Morgan fingerprint density at radius 3 is 2.54 bits per heavy atom. The molecule has 1 unspecified atom stereocenters. The van der Waals surface area contributed by atoms with Crippen LogP contribution in [0.2, 0.25) is 0 Å². The minimum absolute atomic E-state index is 0.0319. The molecule has 24 heavy (non-hydrogen) atoms. The van der Waals surface area contributed by atoms with Crippen molar-refractivity contribution in [1.29, 1.82) is 0 Å². The number of aromatic amines is 1. The molecule has 1 aromatic carbocycles. The van der Waals surface area contributed by atoms with E-state index in [9.17, 15) is 9.59 Å². The Morgan fingerprint density at radius 1 is 1.12 bits per heavy atom. The number of hydrogen-bond acceptors (Lipinski definition) is 3. The number of carbonyl (C=O) groups excluding carboxylic acids is 1. The van der Waals surface area contributed by atoms with Gasteiger partial charge in [-0.2, -0.15) is 5.10 Å². The summed E-state index contributed by atoms with van der Waals surface area (Å²) in [6.07, 6.45) is 7.29. The van der Waals surface area contributed by atoms with Crippen LogP contribution in [-0.4, -0.2) is 16.1 Å². The van der Waals surface area contributed by atoms with Crippen LogP contribution in [0.3, 0.4) is 0 Å². The Hall–Kier alpha value is -2.43. The Bertz CT molecular complexity index is 700. The number of H-pyrrole nitrogens is 1. The van der Waals surface area contributed by atoms with Crippen molar-refractivity contribution in [2.24, 2.45) is 5.92 Å². The van der Waals surface area contributed by atoms with Crippen molar-refractivity contribution >= 4 is 5.91 Å². The van der Waals surface area contributed by atoms with Gasteiger partial charge in [-0.1, -0.05) is 62.4 Å². The van der Waals surface area contributed by atoms with E-state index in [-0.39, 0.29) is 23.2 Å². The summed E-state index contributed by atoms with van der Waals surface area (Å²) in [7, 11) is 0. The molecule has 1 aliphatic carbocycles. The molecule has 2 N–H and O–H groups in total. The van der Waals surface area contributed by atoms with E-state index in [0.29, 0.717) is 5.92 Å². The molecule has 0 bridgehead atoms. The third-order valence-corrected chi connectivity index (χ3v) is 4.71. The third-order valence-electron chi connectivity index (χ3n) is 4.71. The lowest BCUT2D eigenvalue weighted by Gasteiger charge is -2.27. The van der Waals surface area contributed by atoms with E-state index in [1.54, 1.807) is 0 Å². The molecule has 1 saturated carbocycles. The second-order valence-corrected chi connectivity index (χ2v) is 6.48. The Labute approximate surface area is 141 Å². The van der Waals surface area contributed by atoms with Crippen molar-refractivity contribution in [2.45, 2.75) is 44.6 Å². The van der Waals surface area contributed by atoms with Gasteiger partial charge in [-0.15, -0.1) is 0 Å². The predicted molar refractivity (Wildman–Crippen MR) is 92.7 cm³/mol.